The van der Waals surface area contributed by atoms with Crippen LogP contribution in [0.2, 0.25) is 5.15 Å². The number of hydrogen-bond donors (Lipinski definition) is 0. The van der Waals surface area contributed by atoms with Crippen molar-refractivity contribution in [1.29, 1.82) is 0 Å². The highest BCUT2D eigenvalue weighted by molar-refractivity contribution is 7.80. The first-order valence-electron chi connectivity index (χ1n) is 6.51. The predicted molar refractivity (Wildman–Crippen MR) is 86.5 cm³/mol. The molecule has 0 N–H and O–H groups in total. The first-order valence-corrected chi connectivity index (χ1v) is 7.29. The van der Waals surface area contributed by atoms with Crippen molar-refractivity contribution < 1.29 is 0 Å². The summed E-state index contributed by atoms with van der Waals surface area (Å²) in [6.45, 7) is 5.11. The summed E-state index contributed by atoms with van der Waals surface area (Å²) in [6.07, 6.45) is 10.2. The second kappa shape index (κ2) is 4.83. The predicted octanol–water partition coefficient (Wildman–Crippen LogP) is 4.28. The lowest BCUT2D eigenvalue weighted by molar-refractivity contribution is 0.448. The molecular weight excluding hydrogens is 288 g/mol. The first kappa shape index (κ1) is 13.5. The average molecular weight is 303 g/mol. The summed E-state index contributed by atoms with van der Waals surface area (Å²) in [5, 5.41) is 0.519. The Morgan fingerprint density at radius 1 is 1.35 bits per heavy atom. The molecule has 0 bridgehead atoms. The number of fused-ring (bicyclic) bond motifs is 1. The van der Waals surface area contributed by atoms with Gasteiger partial charge in [-0.3, -0.25) is 0 Å². The van der Waals surface area contributed by atoms with E-state index in [-0.39, 0.29) is 5.41 Å². The summed E-state index contributed by atoms with van der Waals surface area (Å²) in [7, 11) is 0. The van der Waals surface area contributed by atoms with Crippen LogP contribution in [0.15, 0.2) is 54.0 Å². The number of rotatable bonds is 2. The van der Waals surface area contributed by atoms with Crippen molar-refractivity contribution in [2.24, 2.45) is 5.41 Å². The summed E-state index contributed by atoms with van der Waals surface area (Å²) in [5.41, 5.74) is 3.53. The topological polar surface area (TPSA) is 16.1 Å². The number of hydrogen-bond acceptors (Lipinski definition) is 3. The van der Waals surface area contributed by atoms with Crippen molar-refractivity contribution in [3.05, 3.63) is 64.7 Å². The molecule has 0 saturated heterocycles. The fourth-order valence-electron chi connectivity index (χ4n) is 2.52. The van der Waals surface area contributed by atoms with Gasteiger partial charge in [-0.05, 0) is 29.4 Å². The van der Waals surface area contributed by atoms with E-state index in [1.165, 1.54) is 11.3 Å². The molecule has 0 fully saturated rings. The van der Waals surface area contributed by atoms with Crippen LogP contribution in [0.3, 0.4) is 0 Å². The van der Waals surface area contributed by atoms with Crippen molar-refractivity contribution in [2.45, 2.75) is 20.4 Å². The van der Waals surface area contributed by atoms with Crippen LogP contribution >= 0.6 is 23.8 Å². The molecule has 0 unspecified atom stereocenters. The molecule has 0 amide bonds. The lowest BCUT2D eigenvalue weighted by Crippen LogP contribution is -2.24. The Balaban J connectivity index is 1.88. The van der Waals surface area contributed by atoms with Crippen LogP contribution in [0, 0.1) is 5.41 Å². The maximum atomic E-state index is 5.82. The lowest BCUT2D eigenvalue weighted by atomic mass is 9.84. The molecule has 3 rings (SSSR count). The highest BCUT2D eigenvalue weighted by Crippen LogP contribution is 2.43. The molecule has 0 spiro atoms. The molecule has 102 valence electrons. The van der Waals surface area contributed by atoms with Gasteiger partial charge >= 0.3 is 0 Å². The second-order valence-electron chi connectivity index (χ2n) is 5.56. The van der Waals surface area contributed by atoms with E-state index in [4.69, 9.17) is 23.8 Å². The van der Waals surface area contributed by atoms with E-state index >= 15 is 0 Å². The van der Waals surface area contributed by atoms with Crippen LogP contribution in [-0.4, -0.2) is 14.7 Å². The maximum Gasteiger partial charge on any atom is 0.129 e. The molecule has 4 heteroatoms. The van der Waals surface area contributed by atoms with Gasteiger partial charge in [0.2, 0.25) is 0 Å². The molecule has 0 saturated carbocycles. The summed E-state index contributed by atoms with van der Waals surface area (Å²) in [4.78, 5) is 7.33. The summed E-state index contributed by atoms with van der Waals surface area (Å²) in [6, 6.07) is 3.82. The third kappa shape index (κ3) is 2.21. The van der Waals surface area contributed by atoms with Crippen LogP contribution in [-0.2, 0) is 6.54 Å². The quantitative estimate of drug-likeness (QED) is 0.599. The zero-order chi connectivity index (χ0) is 14.3. The molecule has 1 aliphatic carbocycles. The van der Waals surface area contributed by atoms with Gasteiger partial charge < -0.3 is 4.90 Å². The van der Waals surface area contributed by atoms with E-state index in [9.17, 15) is 0 Å². The highest BCUT2D eigenvalue weighted by atomic mass is 35.5. The van der Waals surface area contributed by atoms with Crippen LogP contribution in [0.4, 0.5) is 0 Å². The van der Waals surface area contributed by atoms with E-state index in [2.05, 4.69) is 48.2 Å². The van der Waals surface area contributed by atoms with Gasteiger partial charge in [-0.2, -0.15) is 0 Å². The van der Waals surface area contributed by atoms with E-state index in [1.54, 1.807) is 0 Å². The van der Waals surface area contributed by atoms with Gasteiger partial charge in [0.15, 0.2) is 0 Å². The third-order valence-electron chi connectivity index (χ3n) is 3.81. The maximum absolute atomic E-state index is 5.82. The van der Waals surface area contributed by atoms with Gasteiger partial charge in [-0.1, -0.05) is 49.8 Å². The Morgan fingerprint density at radius 3 is 2.85 bits per heavy atom. The van der Waals surface area contributed by atoms with E-state index in [1.807, 2.05) is 18.3 Å². The molecule has 2 heterocycles. The van der Waals surface area contributed by atoms with Crippen LogP contribution in [0.25, 0.3) is 0 Å². The zero-order valence-corrected chi connectivity index (χ0v) is 13.0. The molecular formula is C16H15ClN2S. The first-order chi connectivity index (χ1) is 9.48. The summed E-state index contributed by atoms with van der Waals surface area (Å²) >= 11 is 11.3. The van der Waals surface area contributed by atoms with Crippen molar-refractivity contribution in [3.8, 4) is 0 Å². The van der Waals surface area contributed by atoms with Gasteiger partial charge in [0, 0.05) is 34.9 Å². The van der Waals surface area contributed by atoms with Gasteiger partial charge in [0.05, 0.1) is 0 Å². The number of allylic oxidation sites excluding steroid dienone is 4. The number of halogens is 1. The number of thiocarbonyl (C=S) groups is 1. The van der Waals surface area contributed by atoms with Crippen molar-refractivity contribution in [1.82, 2.24) is 9.88 Å². The number of aromatic nitrogens is 1. The van der Waals surface area contributed by atoms with Gasteiger partial charge in [0.25, 0.3) is 0 Å². The largest absolute Gasteiger partial charge is 0.343 e. The molecule has 20 heavy (non-hydrogen) atoms. The van der Waals surface area contributed by atoms with E-state index < -0.39 is 0 Å². The average Bonchev–Trinajstić information content (AvgIpc) is 2.65. The Hall–Kier alpha value is -1.45. The molecule has 1 aromatic heterocycles. The van der Waals surface area contributed by atoms with Gasteiger partial charge in [0.1, 0.15) is 5.15 Å². The molecule has 2 aliphatic rings. The molecule has 0 radical (unpaired) electrons. The Bertz CT molecular complexity index is 654. The summed E-state index contributed by atoms with van der Waals surface area (Å²) in [5.74, 6) is 0. The third-order valence-corrected chi connectivity index (χ3v) is 4.66. The summed E-state index contributed by atoms with van der Waals surface area (Å²) < 4.78 is 0. The second-order valence-corrected chi connectivity index (χ2v) is 6.38. The van der Waals surface area contributed by atoms with Crippen molar-refractivity contribution in [2.75, 3.05) is 0 Å². The molecule has 0 aromatic carbocycles. The fraction of sp³-hybridized carbons (Fsp3) is 0.250. The van der Waals surface area contributed by atoms with Crippen LogP contribution in [0.5, 0.6) is 0 Å². The van der Waals surface area contributed by atoms with Crippen molar-refractivity contribution >= 4 is 28.7 Å². The highest BCUT2D eigenvalue weighted by Gasteiger charge is 2.37. The minimum Gasteiger partial charge on any atom is -0.343 e. The Labute approximate surface area is 129 Å². The SMILES string of the molecule is CC1(C)C(=S)C=C2C1=CC=CN2Cc1ccc(Cl)nc1. The molecule has 2 nitrogen and oxygen atoms in total. The molecule has 1 aliphatic heterocycles. The lowest BCUT2D eigenvalue weighted by Gasteiger charge is -2.30. The fourth-order valence-corrected chi connectivity index (χ4v) is 2.86. The van der Waals surface area contributed by atoms with Crippen LogP contribution in [0.1, 0.15) is 19.4 Å². The van der Waals surface area contributed by atoms with Gasteiger partial charge in [-0.25, -0.2) is 4.98 Å². The minimum absolute atomic E-state index is 0.0636. The van der Waals surface area contributed by atoms with E-state index in [0.29, 0.717) is 5.15 Å². The standard InChI is InChI=1S/C16H15ClN2S/c1-16(2)12-4-3-7-19(13(12)8-14(16)20)10-11-5-6-15(17)18-9-11/h3-9H,10H2,1-2H3. The normalized spacial score (nSPS) is 19.8. The Morgan fingerprint density at radius 2 is 2.15 bits per heavy atom. The molecule has 1 aromatic rings. The van der Waals surface area contributed by atoms with E-state index in [0.717, 1.165) is 17.0 Å². The monoisotopic (exact) mass is 302 g/mol. The van der Waals surface area contributed by atoms with Crippen LogP contribution < -0.4 is 0 Å². The minimum atomic E-state index is -0.0636. The van der Waals surface area contributed by atoms with Crippen molar-refractivity contribution in [3.63, 3.8) is 0 Å². The molecule has 0 atom stereocenters. The Kier molecular flexibility index (Phi) is 3.27. The number of nitrogens with zero attached hydrogens (tertiary/aromatic N) is 2. The zero-order valence-electron chi connectivity index (χ0n) is 11.4. The number of pyridine rings is 1. The van der Waals surface area contributed by atoms with Gasteiger partial charge in [-0.15, -0.1) is 0 Å². The smallest absolute Gasteiger partial charge is 0.129 e.